The zero-order valence-electron chi connectivity index (χ0n) is 10.5. The van der Waals surface area contributed by atoms with E-state index in [4.69, 9.17) is 9.47 Å². The maximum atomic E-state index is 9.68. The molecule has 0 saturated heterocycles. The van der Waals surface area contributed by atoms with Crippen LogP contribution in [-0.2, 0) is 0 Å². The summed E-state index contributed by atoms with van der Waals surface area (Å²) in [5.41, 5.74) is 0.947. The Balaban J connectivity index is 2.22. The number of methoxy groups -OCH3 is 1. The monoisotopic (exact) mass is 244 g/mol. The van der Waals surface area contributed by atoms with Crippen LogP contribution in [0.4, 0.5) is 0 Å². The molecule has 0 heterocycles. The molecule has 1 unspecified atom stereocenters. The Morgan fingerprint density at radius 1 is 0.944 bits per heavy atom. The number of hydrogen-bond donors (Lipinski definition) is 1. The molecule has 94 valence electrons. The molecule has 0 aliphatic heterocycles. The number of para-hydroxylation sites is 3. The van der Waals surface area contributed by atoms with Crippen molar-refractivity contribution < 1.29 is 14.6 Å². The highest BCUT2D eigenvalue weighted by molar-refractivity contribution is 5.40. The lowest BCUT2D eigenvalue weighted by Crippen LogP contribution is -2.05. The molecule has 0 bridgehead atoms. The van der Waals surface area contributed by atoms with Crippen LogP contribution in [0.2, 0.25) is 0 Å². The van der Waals surface area contributed by atoms with E-state index >= 15 is 0 Å². The van der Waals surface area contributed by atoms with Gasteiger partial charge in [0.2, 0.25) is 0 Å². The van der Waals surface area contributed by atoms with Gasteiger partial charge in [0.15, 0.2) is 11.5 Å². The molecule has 0 spiro atoms. The predicted molar refractivity (Wildman–Crippen MR) is 70.1 cm³/mol. The molecule has 0 aromatic heterocycles. The molecule has 0 fully saturated rings. The van der Waals surface area contributed by atoms with Crippen LogP contribution < -0.4 is 9.47 Å². The van der Waals surface area contributed by atoms with Gasteiger partial charge in [-0.05, 0) is 25.1 Å². The average Bonchev–Trinajstić information content (AvgIpc) is 2.41. The SMILES string of the molecule is COc1ccccc1C(C)Oc1ccccc1O. The smallest absolute Gasteiger partial charge is 0.161 e. The summed E-state index contributed by atoms with van der Waals surface area (Å²) in [6.45, 7) is 1.92. The van der Waals surface area contributed by atoms with Crippen molar-refractivity contribution in [3.63, 3.8) is 0 Å². The van der Waals surface area contributed by atoms with Crippen LogP contribution >= 0.6 is 0 Å². The first-order chi connectivity index (χ1) is 8.72. The number of hydrogen-bond acceptors (Lipinski definition) is 3. The van der Waals surface area contributed by atoms with Crippen molar-refractivity contribution >= 4 is 0 Å². The largest absolute Gasteiger partial charge is 0.504 e. The predicted octanol–water partition coefficient (Wildman–Crippen LogP) is 3.54. The van der Waals surface area contributed by atoms with Gasteiger partial charge in [0.25, 0.3) is 0 Å². The number of ether oxygens (including phenoxy) is 2. The van der Waals surface area contributed by atoms with Gasteiger partial charge in [-0.15, -0.1) is 0 Å². The Morgan fingerprint density at radius 2 is 1.56 bits per heavy atom. The van der Waals surface area contributed by atoms with Crippen molar-refractivity contribution in [3.8, 4) is 17.2 Å². The van der Waals surface area contributed by atoms with E-state index < -0.39 is 0 Å². The number of phenolic OH excluding ortho intramolecular Hbond substituents is 1. The van der Waals surface area contributed by atoms with Crippen LogP contribution in [-0.4, -0.2) is 12.2 Å². The normalized spacial score (nSPS) is 11.9. The van der Waals surface area contributed by atoms with Gasteiger partial charge in [-0.25, -0.2) is 0 Å². The minimum atomic E-state index is -0.200. The highest BCUT2D eigenvalue weighted by Crippen LogP contribution is 2.32. The van der Waals surface area contributed by atoms with Gasteiger partial charge in [0.1, 0.15) is 11.9 Å². The molecule has 1 atom stereocenters. The summed E-state index contributed by atoms with van der Waals surface area (Å²) in [6.07, 6.45) is -0.200. The lowest BCUT2D eigenvalue weighted by atomic mass is 10.1. The fourth-order valence-electron chi connectivity index (χ4n) is 1.81. The van der Waals surface area contributed by atoms with Crippen molar-refractivity contribution in [2.24, 2.45) is 0 Å². The molecule has 3 heteroatoms. The Bertz CT molecular complexity index is 523. The van der Waals surface area contributed by atoms with Crippen molar-refractivity contribution in [1.29, 1.82) is 0 Å². The van der Waals surface area contributed by atoms with Crippen LogP contribution in [0, 0.1) is 0 Å². The summed E-state index contributed by atoms with van der Waals surface area (Å²) in [7, 11) is 1.63. The molecular weight excluding hydrogens is 228 g/mol. The summed E-state index contributed by atoms with van der Waals surface area (Å²) in [5, 5.41) is 9.68. The molecule has 18 heavy (non-hydrogen) atoms. The topological polar surface area (TPSA) is 38.7 Å². The van der Waals surface area contributed by atoms with E-state index in [1.54, 1.807) is 25.3 Å². The first kappa shape index (κ1) is 12.3. The Labute approximate surface area is 107 Å². The van der Waals surface area contributed by atoms with Gasteiger partial charge in [-0.1, -0.05) is 30.3 Å². The third kappa shape index (κ3) is 2.56. The Hall–Kier alpha value is -2.16. The highest BCUT2D eigenvalue weighted by Gasteiger charge is 2.13. The Kier molecular flexibility index (Phi) is 3.72. The number of aromatic hydroxyl groups is 1. The zero-order valence-corrected chi connectivity index (χ0v) is 10.5. The van der Waals surface area contributed by atoms with E-state index in [1.165, 1.54) is 0 Å². The van der Waals surface area contributed by atoms with Gasteiger partial charge in [0.05, 0.1) is 7.11 Å². The van der Waals surface area contributed by atoms with Crippen molar-refractivity contribution in [2.45, 2.75) is 13.0 Å². The van der Waals surface area contributed by atoms with Crippen LogP contribution in [0.25, 0.3) is 0 Å². The lowest BCUT2D eigenvalue weighted by molar-refractivity contribution is 0.212. The van der Waals surface area contributed by atoms with Crippen molar-refractivity contribution in [1.82, 2.24) is 0 Å². The van der Waals surface area contributed by atoms with Gasteiger partial charge in [-0.2, -0.15) is 0 Å². The minimum Gasteiger partial charge on any atom is -0.504 e. The fraction of sp³-hybridized carbons (Fsp3) is 0.200. The van der Waals surface area contributed by atoms with E-state index in [2.05, 4.69) is 0 Å². The molecular formula is C15H16O3. The average molecular weight is 244 g/mol. The van der Waals surface area contributed by atoms with Crippen LogP contribution in [0.15, 0.2) is 48.5 Å². The second kappa shape index (κ2) is 5.45. The summed E-state index contributed by atoms with van der Waals surface area (Å²) < 4.78 is 11.0. The van der Waals surface area contributed by atoms with E-state index in [0.717, 1.165) is 11.3 Å². The lowest BCUT2D eigenvalue weighted by Gasteiger charge is -2.18. The summed E-state index contributed by atoms with van der Waals surface area (Å²) in [4.78, 5) is 0. The molecule has 0 aliphatic rings. The summed E-state index contributed by atoms with van der Waals surface area (Å²) >= 11 is 0. The second-order valence-corrected chi connectivity index (χ2v) is 3.97. The zero-order chi connectivity index (χ0) is 13.0. The first-order valence-corrected chi connectivity index (χ1v) is 5.80. The molecule has 0 amide bonds. The third-order valence-electron chi connectivity index (χ3n) is 2.75. The number of benzene rings is 2. The molecule has 3 nitrogen and oxygen atoms in total. The molecule has 0 radical (unpaired) electrons. The summed E-state index contributed by atoms with van der Waals surface area (Å²) in [6, 6.07) is 14.6. The molecule has 2 rings (SSSR count). The standard InChI is InChI=1S/C15H16O3/c1-11(12-7-3-5-9-14(12)17-2)18-15-10-6-4-8-13(15)16/h3-11,16H,1-2H3. The first-order valence-electron chi connectivity index (χ1n) is 5.80. The van der Waals surface area contributed by atoms with Crippen molar-refractivity contribution in [2.75, 3.05) is 7.11 Å². The maximum Gasteiger partial charge on any atom is 0.161 e. The molecule has 0 aliphatic carbocycles. The summed E-state index contributed by atoms with van der Waals surface area (Å²) in [5.74, 6) is 1.38. The minimum absolute atomic E-state index is 0.138. The van der Waals surface area contributed by atoms with E-state index in [0.29, 0.717) is 5.75 Å². The van der Waals surface area contributed by atoms with Gasteiger partial charge in [0, 0.05) is 5.56 Å². The second-order valence-electron chi connectivity index (χ2n) is 3.97. The quantitative estimate of drug-likeness (QED) is 0.894. The highest BCUT2D eigenvalue weighted by atomic mass is 16.5. The van der Waals surface area contributed by atoms with Crippen LogP contribution in [0.3, 0.4) is 0 Å². The Morgan fingerprint density at radius 3 is 2.22 bits per heavy atom. The van der Waals surface area contributed by atoms with E-state index in [1.807, 2.05) is 37.3 Å². The van der Waals surface area contributed by atoms with Crippen LogP contribution in [0.1, 0.15) is 18.6 Å². The van der Waals surface area contributed by atoms with Crippen molar-refractivity contribution in [3.05, 3.63) is 54.1 Å². The third-order valence-corrected chi connectivity index (χ3v) is 2.75. The number of rotatable bonds is 4. The molecule has 2 aromatic rings. The van der Waals surface area contributed by atoms with Gasteiger partial charge >= 0.3 is 0 Å². The molecule has 0 saturated carbocycles. The van der Waals surface area contributed by atoms with E-state index in [9.17, 15) is 5.11 Å². The maximum absolute atomic E-state index is 9.68. The molecule has 1 N–H and O–H groups in total. The fourth-order valence-corrected chi connectivity index (χ4v) is 1.81. The van der Waals surface area contributed by atoms with E-state index in [-0.39, 0.29) is 11.9 Å². The van der Waals surface area contributed by atoms with Gasteiger partial charge in [-0.3, -0.25) is 0 Å². The van der Waals surface area contributed by atoms with Gasteiger partial charge < -0.3 is 14.6 Å². The number of phenols is 1. The molecule has 2 aromatic carbocycles. The van der Waals surface area contributed by atoms with Crippen LogP contribution in [0.5, 0.6) is 17.2 Å².